The molecule has 0 heterocycles. The molecular formula is C7H14Cl2N2O2. The Bertz CT molecular complexity index is 180. The quantitative estimate of drug-likeness (QED) is 0.492. The number of aliphatic hydroxyl groups is 1. The molecule has 0 spiro atoms. The maximum Gasteiger partial charge on any atom is 0.317 e. The zero-order valence-corrected chi connectivity index (χ0v) is 9.28. The molecule has 0 aromatic heterocycles. The number of rotatable bonds is 2. The van der Waals surface area contributed by atoms with Gasteiger partial charge in [-0.3, -0.25) is 0 Å². The lowest BCUT2D eigenvalue weighted by atomic mass is 10.1. The number of nitrogens with one attached hydrogen (secondary N) is 2. The monoisotopic (exact) mass is 228 g/mol. The standard InChI is InChI=1S/C7H14Cl2N2O2/c1-7(2,3)11-6(13)10-5(12)4(8)9/h4-5,12H,1-3H3,(H2,10,11,13). The summed E-state index contributed by atoms with van der Waals surface area (Å²) in [6.07, 6.45) is -1.26. The summed E-state index contributed by atoms with van der Waals surface area (Å²) in [4.78, 5) is 10.0. The van der Waals surface area contributed by atoms with Crippen LogP contribution in [0.1, 0.15) is 20.8 Å². The first-order chi connectivity index (χ1) is 5.72. The van der Waals surface area contributed by atoms with Gasteiger partial charge < -0.3 is 15.7 Å². The first-order valence-corrected chi connectivity index (χ1v) is 4.64. The van der Waals surface area contributed by atoms with Crippen molar-refractivity contribution >= 4 is 29.2 Å². The third-order valence-corrected chi connectivity index (χ3v) is 1.48. The van der Waals surface area contributed by atoms with Crippen LogP contribution in [-0.2, 0) is 0 Å². The summed E-state index contributed by atoms with van der Waals surface area (Å²) in [5.41, 5.74) is -0.363. The molecule has 0 aliphatic heterocycles. The molecule has 2 amide bonds. The minimum Gasteiger partial charge on any atom is -0.371 e. The van der Waals surface area contributed by atoms with Crippen molar-refractivity contribution in [1.29, 1.82) is 0 Å². The minimum atomic E-state index is -1.26. The SMILES string of the molecule is CC(C)(C)NC(=O)NC(O)C(Cl)Cl. The first-order valence-electron chi connectivity index (χ1n) is 3.77. The van der Waals surface area contributed by atoms with E-state index in [2.05, 4.69) is 10.6 Å². The van der Waals surface area contributed by atoms with Gasteiger partial charge in [-0.05, 0) is 20.8 Å². The summed E-state index contributed by atoms with van der Waals surface area (Å²) in [6.45, 7) is 5.45. The lowest BCUT2D eigenvalue weighted by Crippen LogP contribution is -2.51. The Kier molecular flexibility index (Phi) is 4.81. The number of carbonyl (C=O) groups excluding carboxylic acids is 1. The molecule has 0 radical (unpaired) electrons. The van der Waals surface area contributed by atoms with Gasteiger partial charge in [0.25, 0.3) is 0 Å². The Hall–Kier alpha value is -0.190. The second-order valence-corrected chi connectivity index (χ2v) is 4.79. The second kappa shape index (κ2) is 4.88. The fourth-order valence-electron chi connectivity index (χ4n) is 0.574. The van der Waals surface area contributed by atoms with Gasteiger partial charge in [0.1, 0.15) is 0 Å². The maximum atomic E-state index is 11.1. The van der Waals surface area contributed by atoms with Crippen molar-refractivity contribution in [2.75, 3.05) is 0 Å². The molecular weight excluding hydrogens is 215 g/mol. The predicted molar refractivity (Wildman–Crippen MR) is 52.9 cm³/mol. The fraction of sp³-hybridized carbons (Fsp3) is 0.857. The van der Waals surface area contributed by atoms with E-state index in [9.17, 15) is 4.79 Å². The Balaban J connectivity index is 3.89. The van der Waals surface area contributed by atoms with Crippen molar-refractivity contribution in [1.82, 2.24) is 10.6 Å². The van der Waals surface area contributed by atoms with Crippen molar-refractivity contribution in [2.24, 2.45) is 0 Å². The Labute approximate surface area is 87.6 Å². The highest BCUT2D eigenvalue weighted by atomic mass is 35.5. The maximum absolute atomic E-state index is 11.1. The van der Waals surface area contributed by atoms with E-state index in [0.717, 1.165) is 0 Å². The van der Waals surface area contributed by atoms with Crippen LogP contribution in [0, 0.1) is 0 Å². The lowest BCUT2D eigenvalue weighted by molar-refractivity contribution is 0.149. The van der Waals surface area contributed by atoms with Crippen molar-refractivity contribution in [3.8, 4) is 0 Å². The number of aliphatic hydroxyl groups excluding tert-OH is 1. The number of amides is 2. The molecule has 0 aliphatic rings. The average molecular weight is 229 g/mol. The number of urea groups is 1. The van der Waals surface area contributed by atoms with Gasteiger partial charge in [-0.25, -0.2) is 4.79 Å². The summed E-state index contributed by atoms with van der Waals surface area (Å²) in [6, 6.07) is -0.508. The fourth-order valence-corrected chi connectivity index (χ4v) is 0.700. The zero-order valence-electron chi connectivity index (χ0n) is 7.77. The van der Waals surface area contributed by atoms with Crippen LogP contribution in [0.2, 0.25) is 0 Å². The molecule has 0 aromatic rings. The molecule has 1 atom stereocenters. The van der Waals surface area contributed by atoms with Gasteiger partial charge in [-0.1, -0.05) is 0 Å². The molecule has 0 fully saturated rings. The highest BCUT2D eigenvalue weighted by Gasteiger charge is 2.19. The van der Waals surface area contributed by atoms with Crippen LogP contribution in [0.4, 0.5) is 4.79 Å². The molecule has 0 aliphatic carbocycles. The van der Waals surface area contributed by atoms with Gasteiger partial charge in [0, 0.05) is 5.54 Å². The molecule has 4 nitrogen and oxygen atoms in total. The molecule has 0 aromatic carbocycles. The normalized spacial score (nSPS) is 14.1. The van der Waals surface area contributed by atoms with Crippen molar-refractivity contribution in [3.63, 3.8) is 0 Å². The van der Waals surface area contributed by atoms with E-state index < -0.39 is 17.1 Å². The van der Waals surface area contributed by atoms with E-state index in [1.807, 2.05) is 20.8 Å². The molecule has 0 bridgehead atoms. The van der Waals surface area contributed by atoms with Crippen LogP contribution in [0.25, 0.3) is 0 Å². The van der Waals surface area contributed by atoms with Crippen LogP contribution in [0.5, 0.6) is 0 Å². The topological polar surface area (TPSA) is 61.4 Å². The molecule has 1 unspecified atom stereocenters. The minimum absolute atomic E-state index is 0.363. The first kappa shape index (κ1) is 12.8. The number of hydrogen-bond donors (Lipinski definition) is 3. The molecule has 6 heteroatoms. The second-order valence-electron chi connectivity index (χ2n) is 3.63. The summed E-state index contributed by atoms with van der Waals surface area (Å²) in [7, 11) is 0. The Morgan fingerprint density at radius 3 is 2.15 bits per heavy atom. The van der Waals surface area contributed by atoms with Gasteiger partial charge >= 0.3 is 6.03 Å². The van der Waals surface area contributed by atoms with E-state index in [-0.39, 0.29) is 5.54 Å². The van der Waals surface area contributed by atoms with Crippen molar-refractivity contribution in [2.45, 2.75) is 37.4 Å². The van der Waals surface area contributed by atoms with Gasteiger partial charge in [0.05, 0.1) is 0 Å². The van der Waals surface area contributed by atoms with Crippen LogP contribution in [0.15, 0.2) is 0 Å². The molecule has 0 rings (SSSR count). The van der Waals surface area contributed by atoms with Gasteiger partial charge in [-0.2, -0.15) is 0 Å². The van der Waals surface area contributed by atoms with E-state index in [1.165, 1.54) is 0 Å². The molecule has 0 saturated heterocycles. The molecule has 0 saturated carbocycles. The molecule has 13 heavy (non-hydrogen) atoms. The number of hydrogen-bond acceptors (Lipinski definition) is 2. The van der Waals surface area contributed by atoms with Gasteiger partial charge in [0.15, 0.2) is 11.1 Å². The van der Waals surface area contributed by atoms with Crippen molar-refractivity contribution in [3.05, 3.63) is 0 Å². The summed E-state index contributed by atoms with van der Waals surface area (Å²) in [5.74, 6) is 0. The van der Waals surface area contributed by atoms with Crippen LogP contribution in [-0.4, -0.2) is 27.7 Å². The van der Waals surface area contributed by atoms with E-state index in [4.69, 9.17) is 28.3 Å². The van der Waals surface area contributed by atoms with Gasteiger partial charge in [0.2, 0.25) is 0 Å². The smallest absolute Gasteiger partial charge is 0.317 e. The van der Waals surface area contributed by atoms with Gasteiger partial charge in [-0.15, -0.1) is 23.2 Å². The summed E-state index contributed by atoms with van der Waals surface area (Å²) in [5, 5.41) is 13.8. The largest absolute Gasteiger partial charge is 0.371 e. The molecule has 78 valence electrons. The van der Waals surface area contributed by atoms with E-state index >= 15 is 0 Å². The third kappa shape index (κ3) is 6.93. The highest BCUT2D eigenvalue weighted by Crippen LogP contribution is 2.05. The third-order valence-electron chi connectivity index (χ3n) is 1.01. The van der Waals surface area contributed by atoms with Crippen LogP contribution < -0.4 is 10.6 Å². The number of halogens is 2. The Morgan fingerprint density at radius 1 is 1.38 bits per heavy atom. The van der Waals surface area contributed by atoms with Crippen molar-refractivity contribution < 1.29 is 9.90 Å². The lowest BCUT2D eigenvalue weighted by Gasteiger charge is -2.22. The molecule has 3 N–H and O–H groups in total. The van der Waals surface area contributed by atoms with E-state index in [1.54, 1.807) is 0 Å². The number of alkyl halides is 2. The predicted octanol–water partition coefficient (Wildman–Crippen LogP) is 1.21. The summed E-state index contributed by atoms with van der Waals surface area (Å²) >= 11 is 10.6. The van der Waals surface area contributed by atoms with Crippen LogP contribution >= 0.6 is 23.2 Å². The zero-order chi connectivity index (χ0) is 10.6. The summed E-state index contributed by atoms with van der Waals surface area (Å²) < 4.78 is 0. The average Bonchev–Trinajstić information content (AvgIpc) is 1.81. The van der Waals surface area contributed by atoms with E-state index in [0.29, 0.717) is 0 Å². The number of carbonyl (C=O) groups is 1. The Morgan fingerprint density at radius 2 is 1.85 bits per heavy atom. The van der Waals surface area contributed by atoms with Crippen LogP contribution in [0.3, 0.4) is 0 Å². The highest BCUT2D eigenvalue weighted by molar-refractivity contribution is 6.44.